The van der Waals surface area contributed by atoms with Gasteiger partial charge in [-0.1, -0.05) is 18.2 Å². The Balaban J connectivity index is 2.50. The SMILES string of the molecule is C=N/C=C1/C=CCC=CC1=NCNCCC(C(=O)O)N(C)C. The molecule has 0 aliphatic heterocycles. The van der Waals surface area contributed by atoms with E-state index in [1.165, 1.54) is 0 Å². The zero-order chi connectivity index (χ0) is 16.4. The molecule has 1 unspecified atom stereocenters. The van der Waals surface area contributed by atoms with Crippen LogP contribution in [0.25, 0.3) is 0 Å². The molecule has 0 radical (unpaired) electrons. The molecule has 0 bridgehead atoms. The van der Waals surface area contributed by atoms with E-state index >= 15 is 0 Å². The first-order chi connectivity index (χ1) is 10.6. The standard InChI is InChI=1S/C16H24N4O2/c1-17-11-13-7-5-4-6-8-14(13)19-12-18-10-9-15(16(21)22)20(2)3/h5-8,11,15,18H,1,4,9-10,12H2,2-3H3,(H,21,22)/b13-11-,19-14?. The lowest BCUT2D eigenvalue weighted by Crippen LogP contribution is -2.38. The minimum absolute atomic E-state index is 0.432. The predicted molar refractivity (Wildman–Crippen MR) is 90.6 cm³/mol. The minimum Gasteiger partial charge on any atom is -0.480 e. The molecule has 0 heterocycles. The first-order valence-corrected chi connectivity index (χ1v) is 7.20. The Bertz CT molecular complexity index is 504. The van der Waals surface area contributed by atoms with Crippen LogP contribution < -0.4 is 5.32 Å². The largest absolute Gasteiger partial charge is 0.480 e. The number of hydrogen-bond donors (Lipinski definition) is 2. The van der Waals surface area contributed by atoms with Gasteiger partial charge in [0.15, 0.2) is 0 Å². The van der Waals surface area contributed by atoms with Gasteiger partial charge in [-0.25, -0.2) is 0 Å². The van der Waals surface area contributed by atoms with Crippen molar-refractivity contribution < 1.29 is 9.90 Å². The zero-order valence-electron chi connectivity index (χ0n) is 13.2. The van der Waals surface area contributed by atoms with Crippen molar-refractivity contribution in [3.05, 3.63) is 36.1 Å². The van der Waals surface area contributed by atoms with E-state index in [-0.39, 0.29) is 0 Å². The second kappa shape index (κ2) is 9.81. The lowest BCUT2D eigenvalue weighted by molar-refractivity contribution is -0.142. The van der Waals surface area contributed by atoms with Gasteiger partial charge in [0.2, 0.25) is 0 Å². The molecule has 1 aliphatic carbocycles. The van der Waals surface area contributed by atoms with Crippen LogP contribution in [0.1, 0.15) is 12.8 Å². The van der Waals surface area contributed by atoms with Gasteiger partial charge < -0.3 is 5.11 Å². The Morgan fingerprint density at radius 1 is 1.50 bits per heavy atom. The average molecular weight is 304 g/mol. The van der Waals surface area contributed by atoms with Crippen LogP contribution in [0.3, 0.4) is 0 Å². The highest BCUT2D eigenvalue weighted by Crippen LogP contribution is 2.08. The molecular formula is C16H24N4O2. The Morgan fingerprint density at radius 3 is 2.86 bits per heavy atom. The molecule has 0 aromatic rings. The van der Waals surface area contributed by atoms with E-state index in [0.29, 0.717) is 19.6 Å². The molecule has 1 atom stereocenters. The van der Waals surface area contributed by atoms with Crippen molar-refractivity contribution >= 4 is 18.4 Å². The number of rotatable bonds is 8. The number of allylic oxidation sites excluding steroid dienone is 5. The number of aliphatic imine (C=N–C) groups is 2. The Morgan fingerprint density at radius 2 is 2.23 bits per heavy atom. The van der Waals surface area contributed by atoms with Gasteiger partial charge >= 0.3 is 5.97 Å². The summed E-state index contributed by atoms with van der Waals surface area (Å²) in [6.45, 7) is 4.49. The molecule has 0 fully saturated rings. The fourth-order valence-corrected chi connectivity index (χ4v) is 2.05. The number of hydrogen-bond acceptors (Lipinski definition) is 5. The number of carboxylic acids is 1. The maximum absolute atomic E-state index is 11.1. The molecule has 0 saturated heterocycles. The number of likely N-dealkylation sites (N-methyl/N-ethyl adjacent to an activating group) is 1. The summed E-state index contributed by atoms with van der Waals surface area (Å²) >= 11 is 0. The first-order valence-electron chi connectivity index (χ1n) is 7.20. The summed E-state index contributed by atoms with van der Waals surface area (Å²) in [6, 6.07) is -0.485. The molecule has 22 heavy (non-hydrogen) atoms. The second-order valence-corrected chi connectivity index (χ2v) is 5.12. The van der Waals surface area contributed by atoms with Crippen molar-refractivity contribution in [1.29, 1.82) is 0 Å². The van der Waals surface area contributed by atoms with Crippen molar-refractivity contribution in [2.75, 3.05) is 27.3 Å². The van der Waals surface area contributed by atoms with Crippen molar-refractivity contribution in [3.8, 4) is 0 Å². The van der Waals surface area contributed by atoms with E-state index in [2.05, 4.69) is 22.0 Å². The van der Waals surface area contributed by atoms with Crippen LogP contribution in [0, 0.1) is 0 Å². The van der Waals surface area contributed by atoms with Gasteiger partial charge in [-0.05, 0) is 46.3 Å². The average Bonchev–Trinajstić information content (AvgIpc) is 2.68. The van der Waals surface area contributed by atoms with Crippen molar-refractivity contribution in [2.24, 2.45) is 9.98 Å². The van der Waals surface area contributed by atoms with Crippen LogP contribution in [0.15, 0.2) is 46.1 Å². The number of aliphatic carboxylic acids is 1. The quantitative estimate of drug-likeness (QED) is 0.526. The summed E-state index contributed by atoms with van der Waals surface area (Å²) in [5, 5.41) is 12.2. The Hall–Kier alpha value is -2.05. The first kappa shape index (κ1) is 18.0. The summed E-state index contributed by atoms with van der Waals surface area (Å²) in [5.74, 6) is -0.808. The Kier molecular flexibility index (Phi) is 8.03. The highest BCUT2D eigenvalue weighted by molar-refractivity contribution is 6.10. The molecule has 1 rings (SSSR count). The van der Waals surface area contributed by atoms with Crippen molar-refractivity contribution in [3.63, 3.8) is 0 Å². The molecule has 1 aliphatic rings. The zero-order valence-corrected chi connectivity index (χ0v) is 13.2. The van der Waals surface area contributed by atoms with Gasteiger partial charge in [0.25, 0.3) is 0 Å². The van der Waals surface area contributed by atoms with Gasteiger partial charge in [0, 0.05) is 11.8 Å². The van der Waals surface area contributed by atoms with Gasteiger partial charge in [-0.15, -0.1) is 0 Å². The molecule has 120 valence electrons. The van der Waals surface area contributed by atoms with E-state index in [9.17, 15) is 4.79 Å². The van der Waals surface area contributed by atoms with E-state index in [4.69, 9.17) is 5.11 Å². The highest BCUT2D eigenvalue weighted by atomic mass is 16.4. The van der Waals surface area contributed by atoms with Crippen LogP contribution in [0.5, 0.6) is 0 Å². The van der Waals surface area contributed by atoms with E-state index < -0.39 is 12.0 Å². The second-order valence-electron chi connectivity index (χ2n) is 5.12. The van der Waals surface area contributed by atoms with E-state index in [1.54, 1.807) is 25.2 Å². The number of nitrogens with zero attached hydrogens (tertiary/aromatic N) is 3. The van der Waals surface area contributed by atoms with Crippen molar-refractivity contribution in [2.45, 2.75) is 18.9 Å². The lowest BCUT2D eigenvalue weighted by atomic mass is 10.1. The van der Waals surface area contributed by atoms with E-state index in [1.807, 2.05) is 24.3 Å². The lowest BCUT2D eigenvalue weighted by Gasteiger charge is -2.19. The minimum atomic E-state index is -0.808. The van der Waals surface area contributed by atoms with Crippen molar-refractivity contribution in [1.82, 2.24) is 10.2 Å². The molecule has 6 heteroatoms. The summed E-state index contributed by atoms with van der Waals surface area (Å²) in [4.78, 5) is 21.0. The molecule has 6 nitrogen and oxygen atoms in total. The van der Waals surface area contributed by atoms with Crippen LogP contribution in [0.4, 0.5) is 0 Å². The molecule has 0 aromatic carbocycles. The maximum Gasteiger partial charge on any atom is 0.320 e. The van der Waals surface area contributed by atoms with Gasteiger partial charge in [-0.3, -0.25) is 25.0 Å². The molecule has 2 N–H and O–H groups in total. The third-order valence-electron chi connectivity index (χ3n) is 3.24. The summed E-state index contributed by atoms with van der Waals surface area (Å²) in [7, 11) is 3.53. The molecule has 0 spiro atoms. The third kappa shape index (κ3) is 6.15. The normalized spacial score (nSPS) is 19.6. The number of nitrogens with one attached hydrogen (secondary N) is 1. The number of carbonyl (C=O) groups is 1. The molecule has 0 aromatic heterocycles. The summed E-state index contributed by atoms with van der Waals surface area (Å²) < 4.78 is 0. The number of carboxylic acid groups (broad SMARTS) is 1. The Labute approximate surface area is 131 Å². The monoisotopic (exact) mass is 304 g/mol. The van der Waals surface area contributed by atoms with E-state index in [0.717, 1.165) is 17.7 Å². The summed E-state index contributed by atoms with van der Waals surface area (Å²) in [5.41, 5.74) is 1.76. The van der Waals surface area contributed by atoms with Crippen LogP contribution in [-0.2, 0) is 4.79 Å². The molecule has 0 saturated carbocycles. The maximum atomic E-state index is 11.1. The molecule has 0 amide bonds. The third-order valence-corrected chi connectivity index (χ3v) is 3.24. The van der Waals surface area contributed by atoms with Gasteiger partial charge in [0.1, 0.15) is 6.04 Å². The van der Waals surface area contributed by atoms with Crippen LogP contribution >= 0.6 is 0 Å². The topological polar surface area (TPSA) is 77.3 Å². The van der Waals surface area contributed by atoms with Crippen LogP contribution in [-0.4, -0.2) is 61.8 Å². The van der Waals surface area contributed by atoms with Crippen LogP contribution in [0.2, 0.25) is 0 Å². The highest BCUT2D eigenvalue weighted by Gasteiger charge is 2.18. The smallest absolute Gasteiger partial charge is 0.320 e. The summed E-state index contributed by atoms with van der Waals surface area (Å²) in [6.07, 6.45) is 11.1. The van der Waals surface area contributed by atoms with Gasteiger partial charge in [0.05, 0.1) is 12.4 Å². The molecular weight excluding hydrogens is 280 g/mol. The fraction of sp³-hybridized carbons (Fsp3) is 0.438. The fourth-order valence-electron chi connectivity index (χ4n) is 2.05. The predicted octanol–water partition coefficient (Wildman–Crippen LogP) is 1.48. The van der Waals surface area contributed by atoms with Gasteiger partial charge in [-0.2, -0.15) is 0 Å².